The van der Waals surface area contributed by atoms with Crippen LogP contribution >= 0.6 is 0 Å². The number of ether oxygens (including phenoxy) is 2. The second-order valence-corrected chi connectivity index (χ2v) is 12.1. The Labute approximate surface area is 239 Å². The smallest absolute Gasteiger partial charge is 0.128 e. The molecule has 1 saturated carbocycles. The van der Waals surface area contributed by atoms with Gasteiger partial charge in [0, 0.05) is 39.3 Å². The quantitative estimate of drug-likeness (QED) is 0.253. The lowest BCUT2D eigenvalue weighted by Crippen LogP contribution is -2.29. The van der Waals surface area contributed by atoms with Crippen LogP contribution in [0.4, 0.5) is 0 Å². The first-order chi connectivity index (χ1) is 20.3. The number of imidazole rings is 2. The summed E-state index contributed by atoms with van der Waals surface area (Å²) in [7, 11) is 0. The zero-order valence-corrected chi connectivity index (χ0v) is 23.0. The highest BCUT2D eigenvalue weighted by molar-refractivity contribution is 6.00. The molecule has 8 nitrogen and oxygen atoms in total. The van der Waals surface area contributed by atoms with Crippen LogP contribution in [0, 0.1) is 5.92 Å². The van der Waals surface area contributed by atoms with E-state index in [-0.39, 0.29) is 6.10 Å². The summed E-state index contributed by atoms with van der Waals surface area (Å²) in [6.07, 6.45) is 11.0. The van der Waals surface area contributed by atoms with E-state index in [2.05, 4.69) is 67.0 Å². The molecule has 2 aromatic heterocycles. The lowest BCUT2D eigenvalue weighted by atomic mass is 9.84. The molecular formula is C33H34N6O2. The molecule has 8 heteroatoms. The van der Waals surface area contributed by atoms with Crippen molar-refractivity contribution in [2.24, 2.45) is 5.92 Å². The Hall–Kier alpha value is -3.88. The second kappa shape index (κ2) is 9.33. The minimum absolute atomic E-state index is 0.0495. The highest BCUT2D eigenvalue weighted by atomic mass is 16.5. The third kappa shape index (κ3) is 4.03. The Balaban J connectivity index is 1.06. The van der Waals surface area contributed by atoms with Crippen molar-refractivity contribution in [1.82, 2.24) is 30.6 Å². The van der Waals surface area contributed by atoms with Crippen molar-refractivity contribution < 1.29 is 9.47 Å². The van der Waals surface area contributed by atoms with Gasteiger partial charge in [0.15, 0.2) is 0 Å². The molecule has 1 aliphatic carbocycles. The maximum absolute atomic E-state index is 6.84. The number of aromatic amines is 2. The summed E-state index contributed by atoms with van der Waals surface area (Å²) < 4.78 is 13.3. The normalized spacial score (nSPS) is 24.9. The molecule has 4 N–H and O–H groups in total. The Kier molecular flexibility index (Phi) is 5.41. The minimum Gasteiger partial charge on any atom is -0.488 e. The fourth-order valence-electron chi connectivity index (χ4n) is 7.09. The number of H-pyrrole nitrogens is 2. The monoisotopic (exact) mass is 546 g/mol. The molecule has 4 aromatic rings. The molecule has 41 heavy (non-hydrogen) atoms. The van der Waals surface area contributed by atoms with E-state index in [4.69, 9.17) is 9.47 Å². The molecule has 2 saturated heterocycles. The third-order valence-electron chi connectivity index (χ3n) is 9.46. The highest BCUT2D eigenvalue weighted by Gasteiger charge is 2.43. The molecule has 3 atom stereocenters. The number of rotatable bonds is 5. The van der Waals surface area contributed by atoms with Gasteiger partial charge in [0.2, 0.25) is 0 Å². The van der Waals surface area contributed by atoms with Gasteiger partial charge < -0.3 is 30.1 Å². The molecule has 0 radical (unpaired) electrons. The number of hydrogen-bond donors (Lipinski definition) is 4. The summed E-state index contributed by atoms with van der Waals surface area (Å²) in [5, 5.41) is 7.06. The Morgan fingerprint density at radius 1 is 0.707 bits per heavy atom. The van der Waals surface area contributed by atoms with Gasteiger partial charge in [-0.3, -0.25) is 0 Å². The first kappa shape index (κ1) is 23.8. The first-order valence-corrected chi connectivity index (χ1v) is 15.2. The molecule has 5 aliphatic rings. The van der Waals surface area contributed by atoms with Crippen molar-refractivity contribution in [2.75, 3.05) is 19.7 Å². The maximum atomic E-state index is 6.84. The van der Waals surface area contributed by atoms with Crippen LogP contribution in [0.1, 0.15) is 73.4 Å². The average molecular weight is 547 g/mol. The van der Waals surface area contributed by atoms with Gasteiger partial charge in [0.1, 0.15) is 35.9 Å². The van der Waals surface area contributed by atoms with Gasteiger partial charge in [0.25, 0.3) is 0 Å². The third-order valence-corrected chi connectivity index (χ3v) is 9.46. The molecule has 9 rings (SSSR count). The van der Waals surface area contributed by atoms with E-state index in [0.717, 1.165) is 82.7 Å². The maximum Gasteiger partial charge on any atom is 0.128 e. The zero-order valence-electron chi connectivity index (χ0n) is 23.0. The lowest BCUT2D eigenvalue weighted by molar-refractivity contribution is 0.226. The largest absolute Gasteiger partial charge is 0.488 e. The number of nitrogens with one attached hydrogen (secondary N) is 4. The summed E-state index contributed by atoms with van der Waals surface area (Å²) in [5.74, 6) is 4.46. The van der Waals surface area contributed by atoms with Crippen LogP contribution in [0.25, 0.3) is 33.7 Å². The molecule has 6 heterocycles. The molecule has 2 aromatic carbocycles. The summed E-state index contributed by atoms with van der Waals surface area (Å²) in [5.41, 5.74) is 9.11. The van der Waals surface area contributed by atoms with Crippen molar-refractivity contribution >= 4 is 11.1 Å². The fraction of sp³-hybridized carbons (Fsp3) is 0.394. The van der Waals surface area contributed by atoms with E-state index in [9.17, 15) is 0 Å². The van der Waals surface area contributed by atoms with Crippen LogP contribution in [-0.4, -0.2) is 45.7 Å². The summed E-state index contributed by atoms with van der Waals surface area (Å²) >= 11 is 0. The van der Waals surface area contributed by atoms with Crippen LogP contribution in [-0.2, 0) is 0 Å². The van der Waals surface area contributed by atoms with Gasteiger partial charge in [-0.1, -0.05) is 24.3 Å². The Morgan fingerprint density at radius 2 is 1.34 bits per heavy atom. The van der Waals surface area contributed by atoms with Crippen LogP contribution in [0.3, 0.4) is 0 Å². The van der Waals surface area contributed by atoms with Crippen LogP contribution in [0.2, 0.25) is 0 Å². The molecular weight excluding hydrogens is 512 g/mol. The lowest BCUT2D eigenvalue weighted by Gasteiger charge is -2.35. The van der Waals surface area contributed by atoms with Crippen LogP contribution in [0.5, 0.6) is 11.5 Å². The van der Waals surface area contributed by atoms with Gasteiger partial charge in [-0.05, 0) is 63.7 Å². The van der Waals surface area contributed by atoms with Crippen molar-refractivity contribution in [3.63, 3.8) is 0 Å². The second-order valence-electron chi connectivity index (χ2n) is 12.1. The topological polar surface area (TPSA) is 99.9 Å². The molecule has 1 unspecified atom stereocenters. The molecule has 208 valence electrons. The minimum atomic E-state index is 0.0495. The SMILES string of the molecule is c1cc2c(cc1-c1cnc([C@@H]3CCCN3)[nH]1)OC(C1CC1)C1=C2COc2cc(-c3cnc([C@@H]4CCCN4)[nH]3)ccc21. The number of hydrogen-bond acceptors (Lipinski definition) is 6. The van der Waals surface area contributed by atoms with E-state index in [1.165, 1.54) is 36.8 Å². The number of benzene rings is 2. The van der Waals surface area contributed by atoms with E-state index in [0.29, 0.717) is 24.6 Å². The van der Waals surface area contributed by atoms with Crippen molar-refractivity contribution in [2.45, 2.75) is 56.7 Å². The van der Waals surface area contributed by atoms with Crippen LogP contribution < -0.4 is 20.1 Å². The standard InChI is InChI=1S/C33H34N6O2/c1-3-24(34-11-1)32-36-15-26(38-32)19-8-10-22-28(13-19)40-17-23-21-9-7-20(14-29(21)41-31(30(22)23)18-5-6-18)27-16-37-33(39-27)25-4-2-12-35-25/h7-10,13-16,18,24-25,31,34-35H,1-6,11-12,17H2,(H,36,38)(H,37,39)/t24-,25-,31?/m0/s1. The van der Waals surface area contributed by atoms with E-state index in [1.54, 1.807) is 0 Å². The van der Waals surface area contributed by atoms with Crippen molar-refractivity contribution in [3.05, 3.63) is 71.6 Å². The predicted octanol–water partition coefficient (Wildman–Crippen LogP) is 5.79. The predicted molar refractivity (Wildman–Crippen MR) is 157 cm³/mol. The molecule has 4 aliphatic heterocycles. The summed E-state index contributed by atoms with van der Waals surface area (Å²) in [6, 6.07) is 13.8. The van der Waals surface area contributed by atoms with Gasteiger partial charge in [-0.25, -0.2) is 9.97 Å². The van der Waals surface area contributed by atoms with Crippen LogP contribution in [0.15, 0.2) is 48.8 Å². The van der Waals surface area contributed by atoms with E-state index < -0.39 is 0 Å². The van der Waals surface area contributed by atoms with Crippen molar-refractivity contribution in [1.29, 1.82) is 0 Å². The number of fused-ring (bicyclic) bond motifs is 4. The number of nitrogens with zero attached hydrogens (tertiary/aromatic N) is 2. The van der Waals surface area contributed by atoms with E-state index in [1.807, 2.05) is 12.4 Å². The fourth-order valence-corrected chi connectivity index (χ4v) is 7.09. The van der Waals surface area contributed by atoms with E-state index >= 15 is 0 Å². The summed E-state index contributed by atoms with van der Waals surface area (Å²) in [4.78, 5) is 16.5. The average Bonchev–Trinajstić information content (AvgIpc) is 3.55. The zero-order chi connectivity index (χ0) is 26.9. The van der Waals surface area contributed by atoms with Crippen molar-refractivity contribution in [3.8, 4) is 34.0 Å². The van der Waals surface area contributed by atoms with Gasteiger partial charge in [0.05, 0.1) is 35.9 Å². The first-order valence-electron chi connectivity index (χ1n) is 15.2. The molecule has 0 bridgehead atoms. The van der Waals surface area contributed by atoms with Gasteiger partial charge in [-0.15, -0.1) is 0 Å². The molecule has 3 fully saturated rings. The summed E-state index contributed by atoms with van der Waals surface area (Å²) in [6.45, 7) is 2.66. The van der Waals surface area contributed by atoms with Gasteiger partial charge in [-0.2, -0.15) is 0 Å². The Bertz CT molecular complexity index is 1670. The molecule has 0 amide bonds. The highest BCUT2D eigenvalue weighted by Crippen LogP contribution is 2.52. The van der Waals surface area contributed by atoms with Gasteiger partial charge >= 0.3 is 0 Å². The Morgan fingerprint density at radius 3 is 1.95 bits per heavy atom. The molecule has 0 spiro atoms. The number of aromatic nitrogens is 4.